The minimum Gasteiger partial charge on any atom is -0.476 e. The summed E-state index contributed by atoms with van der Waals surface area (Å²) in [6.45, 7) is 1.82. The van der Waals surface area contributed by atoms with E-state index in [2.05, 4.69) is 9.97 Å². The van der Waals surface area contributed by atoms with Crippen molar-refractivity contribution in [3.63, 3.8) is 0 Å². The van der Waals surface area contributed by atoms with Gasteiger partial charge < -0.3 is 10.1 Å². The van der Waals surface area contributed by atoms with Gasteiger partial charge in [0.05, 0.1) is 0 Å². The van der Waals surface area contributed by atoms with Crippen LogP contribution in [0.1, 0.15) is 33.7 Å². The zero-order valence-electron chi connectivity index (χ0n) is 6.50. The second-order valence-electron chi connectivity index (χ2n) is 2.22. The first kappa shape index (κ1) is 8.45. The maximum Gasteiger partial charge on any atom is 0.356 e. The number of aryl methyl sites for hydroxylation is 1. The molecule has 1 heterocycles. The molecule has 12 heavy (non-hydrogen) atoms. The number of aromatic carboxylic acids is 1. The predicted molar refractivity (Wildman–Crippen MR) is 40.3 cm³/mol. The maximum absolute atomic E-state index is 10.5. The molecule has 0 amide bonds. The highest BCUT2D eigenvalue weighted by Crippen LogP contribution is 2.03. The number of carboxylic acids is 1. The summed E-state index contributed by atoms with van der Waals surface area (Å²) in [6.07, 6.45) is 1.03. The van der Waals surface area contributed by atoms with Crippen molar-refractivity contribution in [2.45, 2.75) is 13.3 Å². The molecule has 0 bridgehead atoms. The lowest BCUT2D eigenvalue weighted by Gasteiger charge is -1.84. The van der Waals surface area contributed by atoms with Gasteiger partial charge in [0.2, 0.25) is 0 Å². The van der Waals surface area contributed by atoms with Gasteiger partial charge in [-0.3, -0.25) is 4.79 Å². The molecular weight excluding hydrogens is 160 g/mol. The van der Waals surface area contributed by atoms with Crippen molar-refractivity contribution in [1.82, 2.24) is 9.97 Å². The predicted octanol–water partition coefficient (Wildman–Crippen LogP) is 0.483. The number of aromatic amines is 1. The number of carbonyl (C=O) groups is 2. The van der Waals surface area contributed by atoms with Crippen LogP contribution in [0.3, 0.4) is 0 Å². The Morgan fingerprint density at radius 3 is 2.75 bits per heavy atom. The minimum atomic E-state index is -1.19. The second kappa shape index (κ2) is 3.17. The molecule has 0 unspecified atom stereocenters. The van der Waals surface area contributed by atoms with Crippen LogP contribution in [-0.2, 0) is 6.42 Å². The summed E-state index contributed by atoms with van der Waals surface area (Å²) >= 11 is 0. The first-order valence-electron chi connectivity index (χ1n) is 3.46. The van der Waals surface area contributed by atoms with E-state index in [9.17, 15) is 9.59 Å². The molecule has 0 aliphatic heterocycles. The fourth-order valence-electron chi connectivity index (χ4n) is 0.854. The molecule has 5 nitrogen and oxygen atoms in total. The molecule has 0 aliphatic carbocycles. The van der Waals surface area contributed by atoms with Gasteiger partial charge in [0.1, 0.15) is 11.5 Å². The zero-order valence-corrected chi connectivity index (χ0v) is 6.50. The van der Waals surface area contributed by atoms with E-state index in [1.807, 2.05) is 6.92 Å². The van der Waals surface area contributed by atoms with Gasteiger partial charge in [0.25, 0.3) is 0 Å². The van der Waals surface area contributed by atoms with E-state index in [0.29, 0.717) is 18.5 Å². The van der Waals surface area contributed by atoms with Crippen LogP contribution in [0, 0.1) is 0 Å². The third-order valence-corrected chi connectivity index (χ3v) is 1.44. The van der Waals surface area contributed by atoms with E-state index in [-0.39, 0.29) is 11.4 Å². The molecule has 0 radical (unpaired) electrons. The highest BCUT2D eigenvalue weighted by Gasteiger charge is 2.14. The standard InChI is InChI=1S/C7H8N2O3/c1-2-5-8-4(3-10)6(9-5)7(11)12/h3H,2H2,1H3,(H,8,9)(H,11,12). The Morgan fingerprint density at radius 1 is 1.75 bits per heavy atom. The average molecular weight is 168 g/mol. The summed E-state index contributed by atoms with van der Waals surface area (Å²) in [4.78, 5) is 27.1. The summed E-state index contributed by atoms with van der Waals surface area (Å²) < 4.78 is 0. The number of carboxylic acid groups (broad SMARTS) is 1. The lowest BCUT2D eigenvalue weighted by Crippen LogP contribution is -2.00. The molecular formula is C7H8N2O3. The Hall–Kier alpha value is -1.65. The first-order valence-corrected chi connectivity index (χ1v) is 3.46. The number of H-pyrrole nitrogens is 1. The van der Waals surface area contributed by atoms with E-state index in [1.165, 1.54) is 0 Å². The minimum absolute atomic E-state index is 0.0272. The van der Waals surface area contributed by atoms with Crippen molar-refractivity contribution < 1.29 is 14.7 Å². The van der Waals surface area contributed by atoms with Crippen molar-refractivity contribution in [2.24, 2.45) is 0 Å². The number of imidazole rings is 1. The van der Waals surface area contributed by atoms with Gasteiger partial charge in [-0.2, -0.15) is 0 Å². The summed E-state index contributed by atoms with van der Waals surface area (Å²) in [5.74, 6) is -0.678. The number of rotatable bonds is 3. The van der Waals surface area contributed by atoms with Gasteiger partial charge in [-0.25, -0.2) is 9.78 Å². The Labute approximate surface area is 68.4 Å². The van der Waals surface area contributed by atoms with Gasteiger partial charge in [-0.15, -0.1) is 0 Å². The molecule has 1 aromatic heterocycles. The lowest BCUT2D eigenvalue weighted by atomic mass is 10.3. The number of nitrogens with one attached hydrogen (secondary N) is 1. The van der Waals surface area contributed by atoms with Gasteiger partial charge in [-0.05, 0) is 0 Å². The van der Waals surface area contributed by atoms with Crippen LogP contribution in [-0.4, -0.2) is 27.3 Å². The monoisotopic (exact) mass is 168 g/mol. The molecule has 0 spiro atoms. The summed E-state index contributed by atoms with van der Waals surface area (Å²) in [6, 6.07) is 0. The Kier molecular flexibility index (Phi) is 2.23. The van der Waals surface area contributed by atoms with Crippen LogP contribution < -0.4 is 0 Å². The molecule has 64 valence electrons. The summed E-state index contributed by atoms with van der Waals surface area (Å²) in [7, 11) is 0. The number of nitrogens with zero attached hydrogens (tertiary/aromatic N) is 1. The molecule has 0 fully saturated rings. The van der Waals surface area contributed by atoms with E-state index in [4.69, 9.17) is 5.11 Å². The smallest absolute Gasteiger partial charge is 0.356 e. The van der Waals surface area contributed by atoms with E-state index in [0.717, 1.165) is 0 Å². The molecule has 0 atom stereocenters. The summed E-state index contributed by atoms with van der Waals surface area (Å²) in [5.41, 5.74) is -0.179. The molecule has 1 aromatic rings. The van der Waals surface area contributed by atoms with Crippen LogP contribution in [0.5, 0.6) is 0 Å². The topological polar surface area (TPSA) is 83.0 Å². The van der Waals surface area contributed by atoms with Crippen LogP contribution in [0.4, 0.5) is 0 Å². The Morgan fingerprint density at radius 2 is 2.42 bits per heavy atom. The van der Waals surface area contributed by atoms with Crippen molar-refractivity contribution in [1.29, 1.82) is 0 Å². The average Bonchev–Trinajstić information content (AvgIpc) is 2.47. The van der Waals surface area contributed by atoms with E-state index < -0.39 is 5.97 Å². The third-order valence-electron chi connectivity index (χ3n) is 1.44. The maximum atomic E-state index is 10.5. The molecule has 5 heteroatoms. The zero-order chi connectivity index (χ0) is 9.14. The molecule has 0 saturated heterocycles. The van der Waals surface area contributed by atoms with Crippen LogP contribution in [0.15, 0.2) is 0 Å². The lowest BCUT2D eigenvalue weighted by molar-refractivity contribution is 0.0688. The Balaban J connectivity index is 3.16. The highest BCUT2D eigenvalue weighted by molar-refractivity contribution is 5.94. The molecule has 1 rings (SSSR count). The largest absolute Gasteiger partial charge is 0.476 e. The van der Waals surface area contributed by atoms with Gasteiger partial charge >= 0.3 is 5.97 Å². The van der Waals surface area contributed by atoms with Gasteiger partial charge in [0, 0.05) is 6.42 Å². The second-order valence-corrected chi connectivity index (χ2v) is 2.22. The normalized spacial score (nSPS) is 9.75. The number of hydrogen-bond acceptors (Lipinski definition) is 3. The van der Waals surface area contributed by atoms with Gasteiger partial charge in [0.15, 0.2) is 12.0 Å². The fraction of sp³-hybridized carbons (Fsp3) is 0.286. The summed E-state index contributed by atoms with van der Waals surface area (Å²) in [5, 5.41) is 8.56. The van der Waals surface area contributed by atoms with Crippen LogP contribution in [0.25, 0.3) is 0 Å². The SMILES string of the molecule is CCc1nc(C(=O)O)c(C=O)[nH]1. The number of aromatic nitrogens is 2. The van der Waals surface area contributed by atoms with E-state index >= 15 is 0 Å². The van der Waals surface area contributed by atoms with Crippen molar-refractivity contribution >= 4 is 12.3 Å². The number of carbonyl (C=O) groups excluding carboxylic acids is 1. The fourth-order valence-corrected chi connectivity index (χ4v) is 0.854. The van der Waals surface area contributed by atoms with Crippen LogP contribution in [0.2, 0.25) is 0 Å². The van der Waals surface area contributed by atoms with Crippen LogP contribution >= 0.6 is 0 Å². The van der Waals surface area contributed by atoms with Crippen molar-refractivity contribution in [3.8, 4) is 0 Å². The van der Waals surface area contributed by atoms with Crippen molar-refractivity contribution in [3.05, 3.63) is 17.2 Å². The highest BCUT2D eigenvalue weighted by atomic mass is 16.4. The number of hydrogen-bond donors (Lipinski definition) is 2. The molecule has 2 N–H and O–H groups in total. The molecule has 0 saturated carbocycles. The molecule has 0 aliphatic rings. The first-order chi connectivity index (χ1) is 5.69. The van der Waals surface area contributed by atoms with Gasteiger partial charge in [-0.1, -0.05) is 6.92 Å². The quantitative estimate of drug-likeness (QED) is 0.643. The Bertz CT molecular complexity index is 316. The van der Waals surface area contributed by atoms with E-state index in [1.54, 1.807) is 0 Å². The third kappa shape index (κ3) is 1.34. The van der Waals surface area contributed by atoms with Crippen molar-refractivity contribution in [2.75, 3.05) is 0 Å². The molecule has 0 aromatic carbocycles. The number of aldehydes is 1.